The van der Waals surface area contributed by atoms with E-state index < -0.39 is 0 Å². The Bertz CT molecular complexity index is 2690. The van der Waals surface area contributed by atoms with Gasteiger partial charge < -0.3 is 24.3 Å². The van der Waals surface area contributed by atoms with Gasteiger partial charge in [-0.3, -0.25) is 5.10 Å². The molecule has 1 radical (unpaired) electrons. The Balaban J connectivity index is 0.000000196. The fourth-order valence-corrected chi connectivity index (χ4v) is 7.97. The molecule has 0 saturated carbocycles. The van der Waals surface area contributed by atoms with Crippen LogP contribution in [0.15, 0.2) is 134 Å². The predicted molar refractivity (Wildman–Crippen MR) is 255 cm³/mol. The summed E-state index contributed by atoms with van der Waals surface area (Å²) in [6.07, 6.45) is 12.3. The Labute approximate surface area is 402 Å². The van der Waals surface area contributed by atoms with Crippen LogP contribution in [0, 0.1) is 37.9 Å². The third-order valence-corrected chi connectivity index (χ3v) is 11.5. The van der Waals surface area contributed by atoms with Gasteiger partial charge in [0.15, 0.2) is 0 Å². The van der Waals surface area contributed by atoms with Crippen LogP contribution in [-0.2, 0) is 40.2 Å². The fourth-order valence-electron chi connectivity index (χ4n) is 7.97. The molecule has 0 amide bonds. The zero-order chi connectivity index (χ0) is 44.7. The number of pyridine rings is 2. The van der Waals surface area contributed by atoms with Gasteiger partial charge in [-0.2, -0.15) is 66.6 Å². The van der Waals surface area contributed by atoms with E-state index in [0.29, 0.717) is 30.6 Å². The second-order valence-corrected chi connectivity index (χ2v) is 16.9. The number of nitrogens with zero attached hydrogens (tertiary/aromatic N) is 12. The molecule has 13 heteroatoms. The number of hydrogen-bond acceptors (Lipinski definition) is 9. The van der Waals surface area contributed by atoms with Gasteiger partial charge in [-0.15, -0.1) is 28.7 Å². The van der Waals surface area contributed by atoms with Gasteiger partial charge in [0.2, 0.25) is 0 Å². The smallest absolute Gasteiger partial charge is 0.124 e. The Morgan fingerprint density at radius 2 is 1.18 bits per heavy atom. The summed E-state index contributed by atoms with van der Waals surface area (Å²) in [6, 6.07) is 48.2. The van der Waals surface area contributed by atoms with Crippen LogP contribution < -0.4 is 24.3 Å². The molecule has 2 aliphatic rings. The van der Waals surface area contributed by atoms with Crippen molar-refractivity contribution >= 4 is 34.4 Å². The minimum absolute atomic E-state index is 0. The molecule has 0 unspecified atom stereocenters. The summed E-state index contributed by atoms with van der Waals surface area (Å²) in [5, 5.41) is 12.8. The van der Waals surface area contributed by atoms with Crippen molar-refractivity contribution in [2.75, 3.05) is 32.7 Å². The Morgan fingerprint density at radius 1 is 0.652 bits per heavy atom. The standard InChI is InChI=1S/C34H36N6.C19H17N6.Ir/c1-25(2)27-11-7-13-29(21-27)39-23-37(31-15-9-17-35-33(31)39)19-5-6-20-38-24-40(34-32(38)16-10-18-36-34)30-14-8-12-28(22-30)26(3)4;1-23-19(15-25(22-23)13-17-10-6-3-7-11-17)18-14-24(21-20-18)12-16-8-4-2-5-9-16;/h7-12,15-18,21-26H,5-6,19-20H2,1-4H3;2-11H,12-13H2,1H3;/q-4;-1;. The molecule has 0 atom stereocenters. The number of rotatable bonds is 14. The SMILES string of the molecule is CC(C)c1cc[c-]c(N2[CH-]N(CCCCN3[CH-]N(c4[c-]ccc(C(C)C)c4)c4ncccc43)c3cccnc32)c1.Cn1n[n+](Cc2ccccc2)[c-]c1-c1[c-]n(Cc2ccccc2)nn1.[Ir]. The van der Waals surface area contributed by atoms with E-state index in [-0.39, 0.29) is 20.1 Å². The number of aryl methyl sites for hydroxylation is 1. The van der Waals surface area contributed by atoms with Gasteiger partial charge in [-0.25, -0.2) is 25.5 Å². The van der Waals surface area contributed by atoms with Crippen molar-refractivity contribution in [1.82, 2.24) is 34.9 Å². The van der Waals surface area contributed by atoms with Crippen LogP contribution in [0.1, 0.15) is 74.6 Å². The molecule has 0 bridgehead atoms. The van der Waals surface area contributed by atoms with E-state index in [1.54, 1.807) is 14.0 Å². The van der Waals surface area contributed by atoms with Crippen molar-refractivity contribution < 1.29 is 24.8 Å². The molecular formula is C53H53IrN12-5. The van der Waals surface area contributed by atoms with E-state index in [2.05, 4.69) is 161 Å². The van der Waals surface area contributed by atoms with Crippen molar-refractivity contribution in [3.05, 3.63) is 194 Å². The maximum Gasteiger partial charge on any atom is 0.124 e. The van der Waals surface area contributed by atoms with Crippen molar-refractivity contribution in [3.8, 4) is 11.4 Å². The molecule has 0 saturated heterocycles. The summed E-state index contributed by atoms with van der Waals surface area (Å²) < 4.78 is 5.22. The van der Waals surface area contributed by atoms with Crippen LogP contribution in [0.25, 0.3) is 11.4 Å². The minimum atomic E-state index is 0. The van der Waals surface area contributed by atoms with Gasteiger partial charge >= 0.3 is 0 Å². The monoisotopic (exact) mass is 1050 g/mol. The van der Waals surface area contributed by atoms with Crippen molar-refractivity contribution in [1.29, 1.82) is 0 Å². The average Bonchev–Trinajstić information content (AvgIpc) is 4.13. The first-order chi connectivity index (χ1) is 31.8. The molecule has 12 nitrogen and oxygen atoms in total. The molecule has 2 aliphatic heterocycles. The summed E-state index contributed by atoms with van der Waals surface area (Å²) in [4.78, 5) is 18.4. The predicted octanol–water partition coefficient (Wildman–Crippen LogP) is 9.62. The summed E-state index contributed by atoms with van der Waals surface area (Å²) in [7, 11) is 1.87. The third-order valence-electron chi connectivity index (χ3n) is 11.5. The minimum Gasteiger partial charge on any atom is -0.500 e. The molecule has 0 spiro atoms. The van der Waals surface area contributed by atoms with Crippen molar-refractivity contribution in [2.24, 2.45) is 7.05 Å². The largest absolute Gasteiger partial charge is 0.500 e. The Kier molecular flexibility index (Phi) is 14.6. The average molecular weight is 1050 g/mol. The first-order valence-electron chi connectivity index (χ1n) is 22.3. The van der Waals surface area contributed by atoms with E-state index in [1.165, 1.54) is 16.7 Å². The zero-order valence-electron chi connectivity index (χ0n) is 38.0. The van der Waals surface area contributed by atoms with E-state index in [9.17, 15) is 0 Å². The molecule has 4 aromatic heterocycles. The molecular weight excluding hydrogens is 997 g/mol. The quantitative estimate of drug-likeness (QED) is 0.0601. The summed E-state index contributed by atoms with van der Waals surface area (Å²) >= 11 is 0. The van der Waals surface area contributed by atoms with Crippen LogP contribution in [0.4, 0.5) is 34.4 Å². The van der Waals surface area contributed by atoms with Gasteiger partial charge in [0.1, 0.15) is 18.2 Å². The van der Waals surface area contributed by atoms with Crippen LogP contribution in [0.2, 0.25) is 0 Å². The number of fused-ring (bicyclic) bond motifs is 2. The van der Waals surface area contributed by atoms with Crippen molar-refractivity contribution in [3.63, 3.8) is 0 Å². The molecule has 6 heterocycles. The maximum absolute atomic E-state index is 4.72. The summed E-state index contributed by atoms with van der Waals surface area (Å²) in [5.41, 5.74) is 10.7. The normalized spacial score (nSPS) is 12.9. The number of hydrogen-bond donors (Lipinski definition) is 0. The van der Waals surface area contributed by atoms with Gasteiger partial charge in [0.25, 0.3) is 0 Å². The maximum atomic E-state index is 4.72. The second kappa shape index (κ2) is 21.1. The molecule has 10 rings (SSSR count). The van der Waals surface area contributed by atoms with Crippen LogP contribution >= 0.6 is 0 Å². The molecule has 0 aliphatic carbocycles. The summed E-state index contributed by atoms with van der Waals surface area (Å²) in [5.74, 6) is 2.85. The van der Waals surface area contributed by atoms with E-state index in [1.807, 2.05) is 80.1 Å². The van der Waals surface area contributed by atoms with Gasteiger partial charge in [0, 0.05) is 55.6 Å². The first-order valence-corrected chi connectivity index (χ1v) is 22.3. The molecule has 0 fully saturated rings. The number of benzene rings is 4. The molecule has 339 valence electrons. The van der Waals surface area contributed by atoms with Crippen LogP contribution in [0.5, 0.6) is 0 Å². The van der Waals surface area contributed by atoms with Gasteiger partial charge in [-0.1, -0.05) is 100 Å². The zero-order valence-corrected chi connectivity index (χ0v) is 40.3. The second-order valence-electron chi connectivity index (χ2n) is 16.9. The Hall–Kier alpha value is -6.69. The van der Waals surface area contributed by atoms with E-state index in [0.717, 1.165) is 71.6 Å². The molecule has 8 aromatic rings. The fraction of sp³-hybridized carbons (Fsp3) is 0.245. The number of anilines is 6. The van der Waals surface area contributed by atoms with Crippen LogP contribution in [0.3, 0.4) is 0 Å². The van der Waals surface area contributed by atoms with Gasteiger partial charge in [0.05, 0.1) is 7.05 Å². The molecule has 0 N–H and O–H groups in total. The first kappa shape index (κ1) is 45.9. The van der Waals surface area contributed by atoms with Gasteiger partial charge in [-0.05, 0) is 73.2 Å². The van der Waals surface area contributed by atoms with Crippen molar-refractivity contribution in [2.45, 2.75) is 65.5 Å². The molecule has 4 aromatic carbocycles. The number of aromatic nitrogens is 8. The summed E-state index contributed by atoms with van der Waals surface area (Å²) in [6.45, 7) is 16.4. The topological polar surface area (TPSA) is 91.2 Å². The molecule has 66 heavy (non-hydrogen) atoms. The Morgan fingerprint density at radius 3 is 1.71 bits per heavy atom. The third kappa shape index (κ3) is 10.5. The van der Waals surface area contributed by atoms with Crippen LogP contribution in [-0.4, -0.2) is 47.9 Å². The van der Waals surface area contributed by atoms with E-state index in [4.69, 9.17) is 9.97 Å². The number of unbranched alkanes of at least 4 members (excludes halogenated alkanes) is 1. The van der Waals surface area contributed by atoms with E-state index >= 15 is 0 Å².